The van der Waals surface area contributed by atoms with Gasteiger partial charge in [-0.05, 0) is 30.3 Å². The maximum absolute atomic E-state index is 6.21. The first-order chi connectivity index (χ1) is 12.3. The molecule has 0 atom stereocenters. The lowest BCUT2D eigenvalue weighted by Gasteiger charge is -2.14. The summed E-state index contributed by atoms with van der Waals surface area (Å²) in [4.78, 5) is 3.24. The lowest BCUT2D eigenvalue weighted by Crippen LogP contribution is -1.99. The lowest BCUT2D eigenvalue weighted by atomic mass is 10.3. The summed E-state index contributed by atoms with van der Waals surface area (Å²) in [6.45, 7) is 0. The Hall–Kier alpha value is -2.24. The Morgan fingerprint density at radius 1 is 0.840 bits per heavy atom. The fourth-order valence-corrected chi connectivity index (χ4v) is 3.77. The van der Waals surface area contributed by atoms with Crippen molar-refractivity contribution >= 4 is 29.2 Å². The lowest BCUT2D eigenvalue weighted by molar-refractivity contribution is 0.343. The Morgan fingerprint density at radius 2 is 1.48 bits per heavy atom. The summed E-state index contributed by atoms with van der Waals surface area (Å²) in [5.41, 5.74) is 6.89. The van der Waals surface area contributed by atoms with Crippen molar-refractivity contribution in [3.05, 3.63) is 72.8 Å². The van der Waals surface area contributed by atoms with Gasteiger partial charge in [0.2, 0.25) is 0 Å². The van der Waals surface area contributed by atoms with Crippen LogP contribution in [0.15, 0.2) is 87.5 Å². The third-order valence-corrected chi connectivity index (χ3v) is 5.37. The number of ether oxygens (including phenoxy) is 2. The molecule has 0 aliphatic heterocycles. The number of rotatable bonds is 7. The molecule has 3 aromatic carbocycles. The van der Waals surface area contributed by atoms with Gasteiger partial charge in [-0.2, -0.15) is 0 Å². The molecule has 0 heterocycles. The molecular formula is C20H19NO2S2. The molecule has 2 N–H and O–H groups in total. The zero-order chi connectivity index (χ0) is 17.5. The maximum atomic E-state index is 6.21. The molecule has 3 aromatic rings. The summed E-state index contributed by atoms with van der Waals surface area (Å²) in [6.07, 6.45) is 0. The highest BCUT2D eigenvalue weighted by molar-refractivity contribution is 7.99. The van der Waals surface area contributed by atoms with E-state index in [1.807, 2.05) is 48.5 Å². The molecular weight excluding hydrogens is 350 g/mol. The fraction of sp³-hybridized carbons (Fsp3) is 0.100. The van der Waals surface area contributed by atoms with Gasteiger partial charge in [0.1, 0.15) is 5.94 Å². The van der Waals surface area contributed by atoms with Crippen LogP contribution in [0.5, 0.6) is 11.5 Å². The quantitative estimate of drug-likeness (QED) is 0.336. The van der Waals surface area contributed by atoms with E-state index in [4.69, 9.17) is 15.2 Å². The molecule has 0 saturated heterocycles. The average molecular weight is 370 g/mol. The van der Waals surface area contributed by atoms with Crippen molar-refractivity contribution in [1.29, 1.82) is 0 Å². The van der Waals surface area contributed by atoms with E-state index in [9.17, 15) is 0 Å². The molecule has 0 amide bonds. The van der Waals surface area contributed by atoms with Gasteiger partial charge in [-0.15, -0.1) is 0 Å². The first kappa shape index (κ1) is 17.6. The maximum Gasteiger partial charge on any atom is 0.164 e. The topological polar surface area (TPSA) is 44.5 Å². The number of hydrogen-bond acceptors (Lipinski definition) is 5. The SMILES string of the molecule is COc1cc(Sc2ccccc2)c(N)cc1OCSc1ccccc1. The van der Waals surface area contributed by atoms with E-state index in [1.54, 1.807) is 30.6 Å². The van der Waals surface area contributed by atoms with Crippen LogP contribution in [0.25, 0.3) is 0 Å². The van der Waals surface area contributed by atoms with Crippen molar-refractivity contribution in [3.63, 3.8) is 0 Å². The summed E-state index contributed by atoms with van der Waals surface area (Å²) in [6, 6.07) is 24.0. The average Bonchev–Trinajstić information content (AvgIpc) is 2.65. The Morgan fingerprint density at radius 3 is 2.12 bits per heavy atom. The van der Waals surface area contributed by atoms with Gasteiger partial charge >= 0.3 is 0 Å². The molecule has 3 rings (SSSR count). The molecule has 0 aromatic heterocycles. The zero-order valence-corrected chi connectivity index (χ0v) is 15.5. The molecule has 25 heavy (non-hydrogen) atoms. The second kappa shape index (κ2) is 8.74. The molecule has 3 nitrogen and oxygen atoms in total. The van der Waals surface area contributed by atoms with Crippen molar-refractivity contribution in [2.45, 2.75) is 14.7 Å². The number of nitrogens with two attached hydrogens (primary N) is 1. The van der Waals surface area contributed by atoms with Crippen LogP contribution in [0.3, 0.4) is 0 Å². The summed E-state index contributed by atoms with van der Waals surface area (Å²) < 4.78 is 11.3. The van der Waals surface area contributed by atoms with Crippen molar-refractivity contribution in [3.8, 4) is 11.5 Å². The Bertz CT molecular complexity index is 811. The first-order valence-corrected chi connectivity index (χ1v) is 9.57. The fourth-order valence-electron chi connectivity index (χ4n) is 2.21. The monoisotopic (exact) mass is 369 g/mol. The Labute approximate surface area is 156 Å². The Balaban J connectivity index is 1.70. The van der Waals surface area contributed by atoms with E-state index in [2.05, 4.69) is 24.3 Å². The molecule has 0 unspecified atom stereocenters. The molecule has 5 heteroatoms. The highest BCUT2D eigenvalue weighted by atomic mass is 32.2. The van der Waals surface area contributed by atoms with Crippen molar-refractivity contribution in [2.75, 3.05) is 18.8 Å². The molecule has 0 bridgehead atoms. The van der Waals surface area contributed by atoms with Gasteiger partial charge in [-0.1, -0.05) is 59.9 Å². The molecule has 0 aliphatic rings. The van der Waals surface area contributed by atoms with E-state index in [0.717, 1.165) is 14.7 Å². The summed E-state index contributed by atoms with van der Waals surface area (Å²) in [5, 5.41) is 0. The number of anilines is 1. The van der Waals surface area contributed by atoms with Crippen LogP contribution in [0.4, 0.5) is 5.69 Å². The van der Waals surface area contributed by atoms with Gasteiger partial charge in [0.05, 0.1) is 7.11 Å². The van der Waals surface area contributed by atoms with E-state index < -0.39 is 0 Å². The summed E-state index contributed by atoms with van der Waals surface area (Å²) in [7, 11) is 1.64. The smallest absolute Gasteiger partial charge is 0.164 e. The molecule has 0 radical (unpaired) electrons. The number of hydrogen-bond donors (Lipinski definition) is 1. The van der Waals surface area contributed by atoms with Gasteiger partial charge in [0.15, 0.2) is 11.5 Å². The van der Waals surface area contributed by atoms with Crippen molar-refractivity contribution in [2.24, 2.45) is 0 Å². The molecule has 0 saturated carbocycles. The predicted octanol–water partition coefficient (Wildman–Crippen LogP) is 5.56. The zero-order valence-electron chi connectivity index (χ0n) is 13.8. The van der Waals surface area contributed by atoms with E-state index in [1.165, 1.54) is 0 Å². The van der Waals surface area contributed by atoms with Crippen LogP contribution in [0, 0.1) is 0 Å². The van der Waals surface area contributed by atoms with E-state index in [-0.39, 0.29) is 0 Å². The third kappa shape index (κ3) is 4.87. The van der Waals surface area contributed by atoms with Crippen LogP contribution >= 0.6 is 23.5 Å². The summed E-state index contributed by atoms with van der Waals surface area (Å²) >= 11 is 3.23. The normalized spacial score (nSPS) is 10.4. The van der Waals surface area contributed by atoms with Gasteiger partial charge in [-0.25, -0.2) is 0 Å². The van der Waals surface area contributed by atoms with Crippen LogP contribution in [-0.2, 0) is 0 Å². The van der Waals surface area contributed by atoms with E-state index >= 15 is 0 Å². The number of thioether (sulfide) groups is 1. The number of nitrogen functional groups attached to an aromatic ring is 1. The number of benzene rings is 3. The van der Waals surface area contributed by atoms with Gasteiger partial charge < -0.3 is 15.2 Å². The van der Waals surface area contributed by atoms with Crippen molar-refractivity contribution in [1.82, 2.24) is 0 Å². The van der Waals surface area contributed by atoms with Crippen LogP contribution in [0.1, 0.15) is 0 Å². The molecule has 0 spiro atoms. The predicted molar refractivity (Wildman–Crippen MR) is 106 cm³/mol. The minimum Gasteiger partial charge on any atom is -0.493 e. The second-order valence-electron chi connectivity index (χ2n) is 5.18. The molecule has 128 valence electrons. The van der Waals surface area contributed by atoms with Crippen LogP contribution in [-0.4, -0.2) is 13.0 Å². The highest BCUT2D eigenvalue weighted by Crippen LogP contribution is 2.40. The molecule has 0 fully saturated rings. The third-order valence-electron chi connectivity index (χ3n) is 3.45. The van der Waals surface area contributed by atoms with Gasteiger partial charge in [0.25, 0.3) is 0 Å². The van der Waals surface area contributed by atoms with E-state index in [0.29, 0.717) is 23.1 Å². The highest BCUT2D eigenvalue weighted by Gasteiger charge is 2.11. The number of methoxy groups -OCH3 is 1. The van der Waals surface area contributed by atoms with Crippen LogP contribution in [0.2, 0.25) is 0 Å². The minimum atomic E-state index is 0.491. The summed E-state index contributed by atoms with van der Waals surface area (Å²) in [5.74, 6) is 1.83. The van der Waals surface area contributed by atoms with Crippen molar-refractivity contribution < 1.29 is 9.47 Å². The largest absolute Gasteiger partial charge is 0.493 e. The molecule has 0 aliphatic carbocycles. The minimum absolute atomic E-state index is 0.491. The van der Waals surface area contributed by atoms with Gasteiger partial charge in [0, 0.05) is 26.4 Å². The first-order valence-electron chi connectivity index (χ1n) is 7.77. The standard InChI is InChI=1S/C20H19NO2S2/c1-22-18-13-20(25-16-10-6-3-7-11-16)17(21)12-19(18)23-14-24-15-8-4-2-5-9-15/h2-13H,14,21H2,1H3. The Kier molecular flexibility index (Phi) is 6.14. The van der Waals surface area contributed by atoms with Crippen LogP contribution < -0.4 is 15.2 Å². The second-order valence-corrected chi connectivity index (χ2v) is 7.29. The van der Waals surface area contributed by atoms with Gasteiger partial charge in [-0.3, -0.25) is 0 Å².